The molecule has 1 heterocycles. The van der Waals surface area contributed by atoms with Crippen molar-refractivity contribution in [1.82, 2.24) is 15.1 Å². The van der Waals surface area contributed by atoms with E-state index in [4.69, 9.17) is 5.26 Å². The van der Waals surface area contributed by atoms with E-state index in [9.17, 15) is 36.3 Å². The number of rotatable bonds is 7. The molecule has 3 amide bonds. The lowest BCUT2D eigenvalue weighted by Gasteiger charge is -2.28. The second-order valence-electron chi connectivity index (χ2n) is 8.00. The summed E-state index contributed by atoms with van der Waals surface area (Å²) in [4.78, 5) is 38.8. The lowest BCUT2D eigenvalue weighted by atomic mass is 10.1. The first kappa shape index (κ1) is 23.8. The SMILES string of the molecule is CC1CC(C#N)N(C(=O)CN(C)C(=O)C(CC2CC2)NC(=O)C(F)(F)C(F)(F)F)C1. The van der Waals surface area contributed by atoms with Crippen LogP contribution in [0.2, 0.25) is 0 Å². The normalized spacial score (nSPS) is 22.9. The molecule has 1 N–H and O–H groups in total. The number of nitrogens with one attached hydrogen (secondary N) is 1. The number of nitrogens with zero attached hydrogens (tertiary/aromatic N) is 3. The zero-order valence-electron chi connectivity index (χ0n) is 16.5. The Morgan fingerprint density at radius 1 is 1.23 bits per heavy atom. The first-order valence-corrected chi connectivity index (χ1v) is 9.47. The Morgan fingerprint density at radius 3 is 2.33 bits per heavy atom. The van der Waals surface area contributed by atoms with E-state index >= 15 is 0 Å². The molecule has 2 aliphatic rings. The summed E-state index contributed by atoms with van der Waals surface area (Å²) in [5, 5.41) is 10.7. The Bertz CT molecular complexity index is 732. The van der Waals surface area contributed by atoms with Crippen LogP contribution in [0.3, 0.4) is 0 Å². The number of hydrogen-bond acceptors (Lipinski definition) is 4. The van der Waals surface area contributed by atoms with Gasteiger partial charge in [-0.3, -0.25) is 14.4 Å². The van der Waals surface area contributed by atoms with Crippen molar-refractivity contribution < 1.29 is 36.3 Å². The second kappa shape index (κ2) is 8.73. The molecule has 2 fully saturated rings. The number of amides is 3. The molecule has 1 aliphatic heterocycles. The second-order valence-corrected chi connectivity index (χ2v) is 8.00. The van der Waals surface area contributed by atoms with Crippen molar-refractivity contribution >= 4 is 17.7 Å². The maximum atomic E-state index is 13.3. The highest BCUT2D eigenvalue weighted by atomic mass is 19.4. The van der Waals surface area contributed by atoms with Gasteiger partial charge in [0, 0.05) is 13.6 Å². The first-order valence-electron chi connectivity index (χ1n) is 9.47. The minimum atomic E-state index is -6.09. The van der Waals surface area contributed by atoms with E-state index in [-0.39, 0.29) is 18.3 Å². The van der Waals surface area contributed by atoms with Crippen LogP contribution in [0.15, 0.2) is 0 Å². The summed E-state index contributed by atoms with van der Waals surface area (Å²) < 4.78 is 63.9. The van der Waals surface area contributed by atoms with E-state index in [0.717, 1.165) is 4.90 Å². The smallest absolute Gasteiger partial charge is 0.339 e. The summed E-state index contributed by atoms with van der Waals surface area (Å²) in [6.07, 6.45) is -4.39. The molecular formula is C18H23F5N4O3. The van der Waals surface area contributed by atoms with Gasteiger partial charge in [-0.15, -0.1) is 0 Å². The highest BCUT2D eigenvalue weighted by Crippen LogP contribution is 2.37. The van der Waals surface area contributed by atoms with Gasteiger partial charge in [0.05, 0.1) is 12.6 Å². The molecule has 1 saturated heterocycles. The number of nitriles is 1. The monoisotopic (exact) mass is 438 g/mol. The molecule has 30 heavy (non-hydrogen) atoms. The molecule has 3 unspecified atom stereocenters. The van der Waals surface area contributed by atoms with Gasteiger partial charge >= 0.3 is 18.0 Å². The topological polar surface area (TPSA) is 93.5 Å². The fourth-order valence-corrected chi connectivity index (χ4v) is 3.37. The summed E-state index contributed by atoms with van der Waals surface area (Å²) in [6.45, 7) is 1.68. The molecular weight excluding hydrogens is 415 g/mol. The third-order valence-corrected chi connectivity index (χ3v) is 5.24. The minimum absolute atomic E-state index is 0.0785. The van der Waals surface area contributed by atoms with Crippen LogP contribution in [0.25, 0.3) is 0 Å². The predicted molar refractivity (Wildman–Crippen MR) is 92.8 cm³/mol. The third kappa shape index (κ3) is 5.37. The molecule has 7 nitrogen and oxygen atoms in total. The predicted octanol–water partition coefficient (Wildman–Crippen LogP) is 1.69. The number of carbonyl (C=O) groups excluding carboxylic acids is 3. The van der Waals surface area contributed by atoms with Gasteiger partial charge in [-0.2, -0.15) is 27.2 Å². The fourth-order valence-electron chi connectivity index (χ4n) is 3.37. The molecule has 168 valence electrons. The molecule has 1 saturated carbocycles. The maximum Gasteiger partial charge on any atom is 0.463 e. The van der Waals surface area contributed by atoms with Crippen molar-refractivity contribution in [1.29, 1.82) is 5.26 Å². The van der Waals surface area contributed by atoms with Crippen LogP contribution >= 0.6 is 0 Å². The number of likely N-dealkylation sites (tertiary alicyclic amines) is 1. The Balaban J connectivity index is 2.06. The highest BCUT2D eigenvalue weighted by Gasteiger charge is 2.63. The summed E-state index contributed by atoms with van der Waals surface area (Å²) in [6, 6.07) is -0.264. The molecule has 0 aromatic rings. The van der Waals surface area contributed by atoms with Crippen molar-refractivity contribution in [2.24, 2.45) is 11.8 Å². The Hall–Kier alpha value is -2.45. The van der Waals surface area contributed by atoms with E-state index in [1.165, 1.54) is 17.3 Å². The summed E-state index contributed by atoms with van der Waals surface area (Å²) >= 11 is 0. The van der Waals surface area contributed by atoms with Crippen molar-refractivity contribution in [3.63, 3.8) is 0 Å². The maximum absolute atomic E-state index is 13.3. The molecule has 0 bridgehead atoms. The number of hydrogen-bond donors (Lipinski definition) is 1. The van der Waals surface area contributed by atoms with Gasteiger partial charge in [0.1, 0.15) is 12.1 Å². The van der Waals surface area contributed by atoms with Crippen LogP contribution in [0, 0.1) is 23.2 Å². The van der Waals surface area contributed by atoms with Gasteiger partial charge in [-0.05, 0) is 24.7 Å². The molecule has 2 rings (SSSR count). The molecule has 0 radical (unpaired) electrons. The van der Waals surface area contributed by atoms with Crippen molar-refractivity contribution in [3.05, 3.63) is 0 Å². The first-order chi connectivity index (χ1) is 13.8. The van der Waals surface area contributed by atoms with E-state index in [1.54, 1.807) is 0 Å². The van der Waals surface area contributed by atoms with Crippen molar-refractivity contribution in [2.45, 2.75) is 56.8 Å². The van der Waals surface area contributed by atoms with Crippen LogP contribution in [0.1, 0.15) is 32.6 Å². The summed E-state index contributed by atoms with van der Waals surface area (Å²) in [5.74, 6) is -9.72. The number of likely N-dealkylation sites (N-methyl/N-ethyl adjacent to an activating group) is 1. The van der Waals surface area contributed by atoms with Crippen LogP contribution in [0.4, 0.5) is 22.0 Å². The van der Waals surface area contributed by atoms with Gasteiger partial charge in [0.15, 0.2) is 0 Å². The van der Waals surface area contributed by atoms with E-state index in [2.05, 4.69) is 0 Å². The summed E-state index contributed by atoms with van der Waals surface area (Å²) in [7, 11) is 1.19. The Morgan fingerprint density at radius 2 is 1.83 bits per heavy atom. The van der Waals surface area contributed by atoms with Gasteiger partial charge in [-0.1, -0.05) is 19.8 Å². The molecule has 0 aromatic carbocycles. The molecule has 1 aliphatic carbocycles. The van der Waals surface area contributed by atoms with Crippen LogP contribution < -0.4 is 5.32 Å². The minimum Gasteiger partial charge on any atom is -0.339 e. The largest absolute Gasteiger partial charge is 0.463 e. The van der Waals surface area contributed by atoms with Gasteiger partial charge < -0.3 is 15.1 Å². The third-order valence-electron chi connectivity index (χ3n) is 5.24. The average Bonchev–Trinajstić information content (AvgIpc) is 3.38. The lowest BCUT2D eigenvalue weighted by Crippen LogP contribution is -2.57. The highest BCUT2D eigenvalue weighted by molar-refractivity contribution is 5.92. The lowest BCUT2D eigenvalue weighted by molar-refractivity contribution is -0.270. The zero-order chi connectivity index (χ0) is 22.9. The Labute approximate surface area is 170 Å². The number of halogens is 5. The van der Waals surface area contributed by atoms with E-state index in [1.807, 2.05) is 13.0 Å². The molecule has 0 aromatic heterocycles. The fraction of sp³-hybridized carbons (Fsp3) is 0.778. The van der Waals surface area contributed by atoms with Crippen LogP contribution in [0.5, 0.6) is 0 Å². The van der Waals surface area contributed by atoms with Crippen LogP contribution in [-0.4, -0.2) is 71.8 Å². The average molecular weight is 438 g/mol. The Kier molecular flexibility index (Phi) is 6.94. The molecule has 3 atom stereocenters. The molecule has 0 spiro atoms. The van der Waals surface area contributed by atoms with Gasteiger partial charge in [-0.25, -0.2) is 0 Å². The van der Waals surface area contributed by atoms with Gasteiger partial charge in [0.25, 0.3) is 0 Å². The van der Waals surface area contributed by atoms with Crippen molar-refractivity contribution in [2.75, 3.05) is 20.1 Å². The molecule has 12 heteroatoms. The van der Waals surface area contributed by atoms with Crippen LogP contribution in [-0.2, 0) is 14.4 Å². The number of alkyl halides is 5. The standard InChI is InChI=1S/C18H23F5N4O3/c1-10-5-12(7-24)27(8-10)14(28)9-26(2)15(29)13(6-11-3-4-11)25-16(30)17(19,20)18(21,22)23/h10-13H,3-6,8-9H2,1-2H3,(H,25,30). The van der Waals surface area contributed by atoms with E-state index in [0.29, 0.717) is 25.8 Å². The number of carbonyl (C=O) groups is 3. The van der Waals surface area contributed by atoms with Gasteiger partial charge in [0.2, 0.25) is 11.8 Å². The quantitative estimate of drug-likeness (QED) is 0.613. The van der Waals surface area contributed by atoms with E-state index < -0.39 is 48.4 Å². The van der Waals surface area contributed by atoms with Crippen molar-refractivity contribution in [3.8, 4) is 6.07 Å². The zero-order valence-corrected chi connectivity index (χ0v) is 16.5. The summed E-state index contributed by atoms with van der Waals surface area (Å²) in [5.41, 5.74) is 0.